The van der Waals surface area contributed by atoms with Crippen LogP contribution < -0.4 is 5.32 Å². The summed E-state index contributed by atoms with van der Waals surface area (Å²) in [7, 11) is -1.92. The number of carbonyl (C=O) groups is 2. The van der Waals surface area contributed by atoms with Crippen molar-refractivity contribution >= 4 is 21.8 Å². The lowest BCUT2D eigenvalue weighted by molar-refractivity contribution is -0.141. The largest absolute Gasteiger partial charge is 0.375 e. The molecule has 2 aliphatic rings. The lowest BCUT2D eigenvalue weighted by Crippen LogP contribution is -2.64. The maximum atomic E-state index is 12.5. The summed E-state index contributed by atoms with van der Waals surface area (Å²) in [6, 6.07) is -0.661. The first-order valence-electron chi connectivity index (χ1n) is 7.95. The smallest absolute Gasteiger partial charge is 0.246 e. The van der Waals surface area contributed by atoms with Crippen LogP contribution in [0.2, 0.25) is 0 Å². The molecule has 23 heavy (non-hydrogen) atoms. The molecule has 2 amide bonds. The minimum absolute atomic E-state index is 0.00386. The van der Waals surface area contributed by atoms with Crippen LogP contribution in [-0.4, -0.2) is 80.6 Å². The number of hydrogen-bond acceptors (Lipinski definition) is 5. The van der Waals surface area contributed by atoms with E-state index in [0.717, 1.165) is 0 Å². The van der Waals surface area contributed by atoms with Crippen LogP contribution in [0.5, 0.6) is 0 Å². The Morgan fingerprint density at radius 3 is 2.61 bits per heavy atom. The summed E-state index contributed by atoms with van der Waals surface area (Å²) in [6.45, 7) is 3.07. The van der Waals surface area contributed by atoms with Gasteiger partial charge in [-0.05, 0) is 19.3 Å². The minimum atomic E-state index is -3.36. The molecule has 1 N–H and O–H groups in total. The molecule has 0 aromatic heterocycles. The fraction of sp³-hybridized carbons (Fsp3) is 0.857. The van der Waals surface area contributed by atoms with Gasteiger partial charge in [-0.2, -0.15) is 4.31 Å². The Balaban J connectivity index is 1.88. The maximum absolute atomic E-state index is 12.5. The van der Waals surface area contributed by atoms with Crippen molar-refractivity contribution in [3.05, 3.63) is 0 Å². The third-order valence-electron chi connectivity index (χ3n) is 4.14. The van der Waals surface area contributed by atoms with Crippen LogP contribution in [0.4, 0.5) is 0 Å². The first-order valence-corrected chi connectivity index (χ1v) is 9.56. The van der Waals surface area contributed by atoms with E-state index < -0.39 is 16.1 Å². The van der Waals surface area contributed by atoms with Gasteiger partial charge in [0.2, 0.25) is 21.8 Å². The maximum Gasteiger partial charge on any atom is 0.246 e. The second-order valence-corrected chi connectivity index (χ2v) is 8.07. The second-order valence-electron chi connectivity index (χ2n) is 6.03. The molecule has 0 aliphatic carbocycles. The van der Waals surface area contributed by atoms with Crippen LogP contribution in [-0.2, 0) is 24.3 Å². The number of hydrogen-bond donors (Lipinski definition) is 1. The monoisotopic (exact) mass is 347 g/mol. The van der Waals surface area contributed by atoms with Crippen LogP contribution >= 0.6 is 0 Å². The number of sulfonamides is 1. The molecule has 2 rings (SSSR count). The molecule has 2 aliphatic heterocycles. The fourth-order valence-electron chi connectivity index (χ4n) is 3.06. The molecule has 0 bridgehead atoms. The molecule has 1 atom stereocenters. The molecular formula is C14H25N3O5S. The van der Waals surface area contributed by atoms with Gasteiger partial charge in [-0.25, -0.2) is 8.42 Å². The van der Waals surface area contributed by atoms with E-state index in [0.29, 0.717) is 38.9 Å². The average molecular weight is 347 g/mol. The highest BCUT2D eigenvalue weighted by molar-refractivity contribution is 7.89. The molecule has 1 unspecified atom stereocenters. The number of amides is 2. The van der Waals surface area contributed by atoms with Crippen LogP contribution in [0.15, 0.2) is 0 Å². The van der Waals surface area contributed by atoms with Gasteiger partial charge in [0.05, 0.1) is 11.8 Å². The van der Waals surface area contributed by atoms with Gasteiger partial charge in [0.1, 0.15) is 12.6 Å². The summed E-state index contributed by atoms with van der Waals surface area (Å²) in [5.41, 5.74) is 0. The van der Waals surface area contributed by atoms with E-state index in [2.05, 4.69) is 5.32 Å². The molecule has 2 saturated heterocycles. The summed E-state index contributed by atoms with van der Waals surface area (Å²) < 4.78 is 30.6. The number of ether oxygens (including phenoxy) is 1. The third kappa shape index (κ3) is 4.21. The number of methoxy groups -OCH3 is 1. The van der Waals surface area contributed by atoms with Crippen molar-refractivity contribution in [1.29, 1.82) is 0 Å². The Kier molecular flexibility index (Phi) is 5.99. The Hall–Kier alpha value is -1.19. The summed E-state index contributed by atoms with van der Waals surface area (Å²) in [4.78, 5) is 25.5. The zero-order chi connectivity index (χ0) is 17.0. The Labute approximate surface area is 137 Å². The van der Waals surface area contributed by atoms with Crippen LogP contribution in [0.25, 0.3) is 0 Å². The van der Waals surface area contributed by atoms with Crippen LogP contribution in [0, 0.1) is 0 Å². The van der Waals surface area contributed by atoms with Crippen molar-refractivity contribution in [3.63, 3.8) is 0 Å². The van der Waals surface area contributed by atoms with Crippen molar-refractivity contribution in [3.8, 4) is 0 Å². The van der Waals surface area contributed by atoms with Crippen molar-refractivity contribution in [1.82, 2.24) is 14.5 Å². The number of likely N-dealkylation sites (tertiary alicyclic amines) is 1. The highest BCUT2D eigenvalue weighted by Crippen LogP contribution is 2.25. The molecule has 0 spiro atoms. The minimum Gasteiger partial charge on any atom is -0.375 e. The Bertz CT molecular complexity index is 545. The van der Waals surface area contributed by atoms with E-state index in [4.69, 9.17) is 4.74 Å². The molecule has 9 heteroatoms. The zero-order valence-electron chi connectivity index (χ0n) is 13.7. The average Bonchev–Trinajstić information content (AvgIpc) is 2.92. The molecule has 2 heterocycles. The van der Waals surface area contributed by atoms with Gasteiger partial charge >= 0.3 is 0 Å². The molecule has 0 saturated carbocycles. The van der Waals surface area contributed by atoms with E-state index in [9.17, 15) is 18.0 Å². The van der Waals surface area contributed by atoms with Crippen molar-refractivity contribution in [2.75, 3.05) is 39.1 Å². The van der Waals surface area contributed by atoms with E-state index >= 15 is 0 Å². The predicted octanol–water partition coefficient (Wildman–Crippen LogP) is -0.836. The predicted molar refractivity (Wildman–Crippen MR) is 84.2 cm³/mol. The standard InChI is InChI=1S/C14H25N3O5S/c1-3-7-23(20,21)17-6-4-5-12(17)14(19)16-8-11(9-16)15-13(18)10-22-2/h11-12H,3-10H2,1-2H3,(H,15,18). The first-order chi connectivity index (χ1) is 10.9. The lowest BCUT2D eigenvalue weighted by Gasteiger charge is -2.41. The summed E-state index contributed by atoms with van der Waals surface area (Å²) in [5.74, 6) is -0.288. The Morgan fingerprint density at radius 1 is 1.30 bits per heavy atom. The van der Waals surface area contributed by atoms with E-state index in [-0.39, 0.29) is 30.2 Å². The van der Waals surface area contributed by atoms with Gasteiger partial charge in [0, 0.05) is 26.7 Å². The zero-order valence-corrected chi connectivity index (χ0v) is 14.5. The molecular weight excluding hydrogens is 322 g/mol. The van der Waals surface area contributed by atoms with Crippen molar-refractivity contribution < 1.29 is 22.7 Å². The van der Waals surface area contributed by atoms with Gasteiger partial charge < -0.3 is 15.0 Å². The molecule has 0 aromatic carbocycles. The highest BCUT2D eigenvalue weighted by atomic mass is 32.2. The first kappa shape index (κ1) is 18.2. The molecule has 8 nitrogen and oxygen atoms in total. The highest BCUT2D eigenvalue weighted by Gasteiger charge is 2.43. The molecule has 2 fully saturated rings. The quantitative estimate of drug-likeness (QED) is 0.648. The van der Waals surface area contributed by atoms with E-state index in [1.165, 1.54) is 11.4 Å². The van der Waals surface area contributed by atoms with Crippen LogP contribution in [0.1, 0.15) is 26.2 Å². The van der Waals surface area contributed by atoms with Gasteiger partial charge in [-0.3, -0.25) is 9.59 Å². The number of nitrogens with one attached hydrogen (secondary N) is 1. The van der Waals surface area contributed by atoms with Crippen LogP contribution in [0.3, 0.4) is 0 Å². The normalized spacial score (nSPS) is 22.9. The summed E-state index contributed by atoms with van der Waals surface area (Å²) in [5, 5.41) is 2.76. The third-order valence-corrected chi connectivity index (χ3v) is 6.22. The summed E-state index contributed by atoms with van der Waals surface area (Å²) >= 11 is 0. The number of carbonyl (C=O) groups excluding carboxylic acids is 2. The van der Waals surface area contributed by atoms with E-state index in [1.54, 1.807) is 4.90 Å². The number of rotatable bonds is 7. The molecule has 132 valence electrons. The fourth-order valence-corrected chi connectivity index (χ4v) is 4.80. The van der Waals surface area contributed by atoms with Crippen molar-refractivity contribution in [2.45, 2.75) is 38.3 Å². The second kappa shape index (κ2) is 7.59. The van der Waals surface area contributed by atoms with Gasteiger partial charge in [-0.1, -0.05) is 6.92 Å². The summed E-state index contributed by atoms with van der Waals surface area (Å²) in [6.07, 6.45) is 1.82. The molecule has 0 aromatic rings. The SMILES string of the molecule is CCCS(=O)(=O)N1CCCC1C(=O)N1CC(NC(=O)COC)C1. The molecule has 0 radical (unpaired) electrons. The van der Waals surface area contributed by atoms with Gasteiger partial charge in [0.15, 0.2) is 0 Å². The van der Waals surface area contributed by atoms with Gasteiger partial charge in [-0.15, -0.1) is 0 Å². The number of nitrogens with zero attached hydrogens (tertiary/aromatic N) is 2. The van der Waals surface area contributed by atoms with E-state index in [1.807, 2.05) is 6.92 Å². The lowest BCUT2D eigenvalue weighted by atomic mass is 10.1. The van der Waals surface area contributed by atoms with Crippen molar-refractivity contribution in [2.24, 2.45) is 0 Å². The van der Waals surface area contributed by atoms with Gasteiger partial charge in [0.25, 0.3) is 0 Å². The topological polar surface area (TPSA) is 96.0 Å². The Morgan fingerprint density at radius 2 is 2.00 bits per heavy atom.